The van der Waals surface area contributed by atoms with E-state index in [1.165, 1.54) is 0 Å². The van der Waals surface area contributed by atoms with Crippen molar-refractivity contribution >= 4 is 12.4 Å². The van der Waals surface area contributed by atoms with Crippen molar-refractivity contribution in [1.29, 1.82) is 0 Å². The van der Waals surface area contributed by atoms with E-state index in [9.17, 15) is 0 Å². The second-order valence-electron chi connectivity index (χ2n) is 3.95. The van der Waals surface area contributed by atoms with E-state index < -0.39 is 0 Å². The number of rotatable bonds is 1. The Morgan fingerprint density at radius 1 is 1.25 bits per heavy atom. The van der Waals surface area contributed by atoms with Crippen LogP contribution in [-0.4, -0.2) is 11.1 Å². The molecular formula is C7H13ClN4. The van der Waals surface area contributed by atoms with Gasteiger partial charge in [-0.25, -0.2) is 0 Å². The van der Waals surface area contributed by atoms with E-state index in [1.807, 2.05) is 0 Å². The first-order valence-corrected chi connectivity index (χ1v) is 4.03. The van der Waals surface area contributed by atoms with Gasteiger partial charge in [0.2, 0.25) is 0 Å². The van der Waals surface area contributed by atoms with E-state index in [1.54, 1.807) is 0 Å². The Labute approximate surface area is 77.5 Å². The largest absolute Gasteiger partial charge is 0.325 e. The van der Waals surface area contributed by atoms with Crippen LogP contribution >= 0.6 is 12.4 Å². The second kappa shape index (κ2) is 2.80. The third-order valence-corrected chi connectivity index (χ3v) is 3.11. The van der Waals surface area contributed by atoms with Crippen LogP contribution in [0.15, 0.2) is 5.11 Å². The minimum absolute atomic E-state index is 0. The van der Waals surface area contributed by atoms with Crippen molar-refractivity contribution in [2.24, 2.45) is 10.8 Å². The lowest BCUT2D eigenvalue weighted by Gasteiger charge is -2.21. The number of nitrogens with two attached hydrogens (primary N) is 1. The summed E-state index contributed by atoms with van der Waals surface area (Å²) in [6.07, 6.45) is 4.96. The molecule has 0 heterocycles. The molecule has 0 amide bonds. The summed E-state index contributed by atoms with van der Waals surface area (Å²) in [5.74, 6) is 0. The third kappa shape index (κ3) is 1.26. The molecule has 2 bridgehead atoms. The lowest BCUT2D eigenvalue weighted by Crippen LogP contribution is -2.33. The highest BCUT2D eigenvalue weighted by atomic mass is 35.5. The van der Waals surface area contributed by atoms with E-state index in [0.29, 0.717) is 0 Å². The summed E-state index contributed by atoms with van der Waals surface area (Å²) in [5, 5.41) is 3.86. The van der Waals surface area contributed by atoms with E-state index in [2.05, 4.69) is 10.0 Å². The van der Waals surface area contributed by atoms with Crippen molar-refractivity contribution in [2.45, 2.75) is 43.2 Å². The van der Waals surface area contributed by atoms with Gasteiger partial charge in [-0.3, -0.25) is 0 Å². The van der Waals surface area contributed by atoms with Crippen molar-refractivity contribution in [3.8, 4) is 0 Å². The summed E-state index contributed by atoms with van der Waals surface area (Å²) in [6, 6.07) is 0. The van der Waals surface area contributed by atoms with Crippen molar-refractivity contribution in [1.82, 2.24) is 0 Å². The van der Waals surface area contributed by atoms with Gasteiger partial charge in [-0.15, -0.1) is 12.4 Å². The maximum atomic E-state index is 8.34. The Bertz CT molecular complexity index is 226. The number of fused-ring (bicyclic) bond motifs is 2. The maximum Gasteiger partial charge on any atom is 0.0507 e. The summed E-state index contributed by atoms with van der Waals surface area (Å²) >= 11 is 0. The van der Waals surface area contributed by atoms with Crippen molar-refractivity contribution in [3.05, 3.63) is 10.4 Å². The van der Waals surface area contributed by atoms with E-state index in [0.717, 1.165) is 32.1 Å². The summed E-state index contributed by atoms with van der Waals surface area (Å²) in [4.78, 5) is 2.89. The highest BCUT2D eigenvalue weighted by molar-refractivity contribution is 5.85. The smallest absolute Gasteiger partial charge is 0.0507 e. The molecule has 2 N–H and O–H groups in total. The van der Waals surface area contributed by atoms with Gasteiger partial charge in [0, 0.05) is 10.5 Å². The fraction of sp³-hybridized carbons (Fsp3) is 1.00. The number of hydrogen-bond donors (Lipinski definition) is 1. The van der Waals surface area contributed by atoms with Gasteiger partial charge in [0.15, 0.2) is 0 Å². The molecule has 0 atom stereocenters. The zero-order valence-electron chi connectivity index (χ0n) is 6.86. The molecule has 5 heteroatoms. The van der Waals surface area contributed by atoms with Gasteiger partial charge in [-0.1, -0.05) is 5.11 Å². The highest BCUT2D eigenvalue weighted by Crippen LogP contribution is 2.51. The van der Waals surface area contributed by atoms with Gasteiger partial charge in [-0.2, -0.15) is 0 Å². The van der Waals surface area contributed by atoms with Gasteiger partial charge in [0.1, 0.15) is 0 Å². The molecule has 0 saturated heterocycles. The highest BCUT2D eigenvalue weighted by Gasteiger charge is 2.51. The first kappa shape index (κ1) is 9.65. The van der Waals surface area contributed by atoms with Crippen LogP contribution in [0.3, 0.4) is 0 Å². The molecule has 0 radical (unpaired) electrons. The van der Waals surface area contributed by atoms with Crippen molar-refractivity contribution in [2.75, 3.05) is 0 Å². The van der Waals surface area contributed by atoms with Crippen molar-refractivity contribution < 1.29 is 0 Å². The Morgan fingerprint density at radius 3 is 2.17 bits per heavy atom. The molecule has 0 aromatic carbocycles. The molecule has 0 spiro atoms. The Hall–Kier alpha value is -0.440. The zero-order chi connectivity index (χ0) is 7.95. The molecular weight excluding hydrogens is 176 g/mol. The molecule has 12 heavy (non-hydrogen) atoms. The Morgan fingerprint density at radius 2 is 1.83 bits per heavy atom. The minimum atomic E-state index is -0.0937. The molecule has 2 saturated carbocycles. The summed E-state index contributed by atoms with van der Waals surface area (Å²) in [5.41, 5.74) is 14.3. The monoisotopic (exact) mass is 188 g/mol. The van der Waals surface area contributed by atoms with Crippen molar-refractivity contribution in [3.63, 3.8) is 0 Å². The molecule has 68 valence electrons. The maximum absolute atomic E-state index is 8.34. The first-order valence-electron chi connectivity index (χ1n) is 4.03. The molecule has 2 fully saturated rings. The van der Waals surface area contributed by atoms with Crippen LogP contribution < -0.4 is 5.73 Å². The Kier molecular flexibility index (Phi) is 2.25. The van der Waals surface area contributed by atoms with E-state index in [-0.39, 0.29) is 23.5 Å². The molecule has 0 aromatic rings. The number of halogens is 1. The molecule has 4 nitrogen and oxygen atoms in total. The lowest BCUT2D eigenvalue weighted by molar-refractivity contribution is 0.394. The molecule has 0 aliphatic heterocycles. The summed E-state index contributed by atoms with van der Waals surface area (Å²) in [7, 11) is 0. The predicted octanol–water partition coefficient (Wildman–Crippen LogP) is 2.13. The fourth-order valence-electron chi connectivity index (χ4n) is 2.45. The number of nitrogens with zero attached hydrogens (tertiary/aromatic N) is 3. The van der Waals surface area contributed by atoms with Crippen LogP contribution in [0.2, 0.25) is 0 Å². The third-order valence-electron chi connectivity index (χ3n) is 3.11. The molecule has 0 unspecified atom stereocenters. The standard InChI is InChI=1S/C7H12N4.ClH/c8-6-1-3-7(5-6,4-2-6)10-11-9;/h1-5,8H2;1H. The normalized spacial score (nSPS) is 43.4. The van der Waals surface area contributed by atoms with Crippen LogP contribution in [0.5, 0.6) is 0 Å². The quantitative estimate of drug-likeness (QED) is 0.382. The fourth-order valence-corrected chi connectivity index (χ4v) is 2.45. The van der Waals surface area contributed by atoms with Gasteiger partial charge < -0.3 is 5.73 Å². The molecule has 0 aromatic heterocycles. The van der Waals surface area contributed by atoms with Crippen LogP contribution in [0.25, 0.3) is 10.4 Å². The van der Waals surface area contributed by atoms with Gasteiger partial charge in [-0.05, 0) is 37.6 Å². The SMILES string of the molecule is Cl.[N-]=[N+]=NC12CCC(N)(CC1)C2. The number of azide groups is 1. The Balaban J connectivity index is 0.000000720. The average Bonchev–Trinajstić information content (AvgIpc) is 2.42. The van der Waals surface area contributed by atoms with Crippen LogP contribution in [0.1, 0.15) is 32.1 Å². The topological polar surface area (TPSA) is 74.8 Å². The molecule has 2 rings (SSSR count). The van der Waals surface area contributed by atoms with Gasteiger partial charge >= 0.3 is 0 Å². The summed E-state index contributed by atoms with van der Waals surface area (Å²) in [6.45, 7) is 0. The summed E-state index contributed by atoms with van der Waals surface area (Å²) < 4.78 is 0. The molecule has 2 aliphatic rings. The molecule has 2 aliphatic carbocycles. The first-order chi connectivity index (χ1) is 5.18. The van der Waals surface area contributed by atoms with Gasteiger partial charge in [0.05, 0.1) is 5.54 Å². The van der Waals surface area contributed by atoms with Gasteiger partial charge in [0.25, 0.3) is 0 Å². The second-order valence-corrected chi connectivity index (χ2v) is 3.95. The van der Waals surface area contributed by atoms with Crippen LogP contribution in [0, 0.1) is 0 Å². The zero-order valence-corrected chi connectivity index (χ0v) is 7.68. The lowest BCUT2D eigenvalue weighted by atomic mass is 9.92. The van der Waals surface area contributed by atoms with E-state index in [4.69, 9.17) is 11.3 Å². The predicted molar refractivity (Wildman–Crippen MR) is 49.1 cm³/mol. The van der Waals surface area contributed by atoms with Crippen LogP contribution in [0.4, 0.5) is 0 Å². The van der Waals surface area contributed by atoms with Crippen LogP contribution in [-0.2, 0) is 0 Å². The average molecular weight is 189 g/mol. The number of hydrogen-bond acceptors (Lipinski definition) is 2. The van der Waals surface area contributed by atoms with E-state index >= 15 is 0 Å². The minimum Gasteiger partial charge on any atom is -0.325 e.